The van der Waals surface area contributed by atoms with Crippen molar-refractivity contribution in [1.29, 1.82) is 0 Å². The highest BCUT2D eigenvalue weighted by Crippen LogP contribution is 2.25. The fraction of sp³-hybridized carbons (Fsp3) is 0.368. The number of urea groups is 1. The van der Waals surface area contributed by atoms with Gasteiger partial charge in [-0.1, -0.05) is 12.1 Å². The molecule has 1 aromatic heterocycles. The Kier molecular flexibility index (Phi) is 6.23. The number of piperidine rings is 1. The van der Waals surface area contributed by atoms with Crippen LogP contribution >= 0.6 is 0 Å². The lowest BCUT2D eigenvalue weighted by molar-refractivity contribution is -0.274. The van der Waals surface area contributed by atoms with Crippen LogP contribution in [0.15, 0.2) is 42.6 Å². The Hall–Kier alpha value is -2.97. The number of alkyl halides is 3. The van der Waals surface area contributed by atoms with Gasteiger partial charge >= 0.3 is 12.4 Å². The fourth-order valence-electron chi connectivity index (χ4n) is 3.08. The number of rotatable bonds is 5. The summed E-state index contributed by atoms with van der Waals surface area (Å²) in [7, 11) is 0. The predicted molar refractivity (Wildman–Crippen MR) is 99.3 cm³/mol. The van der Waals surface area contributed by atoms with Crippen LogP contribution in [0.5, 0.6) is 5.75 Å². The zero-order valence-corrected chi connectivity index (χ0v) is 15.1. The van der Waals surface area contributed by atoms with E-state index in [-0.39, 0.29) is 12.2 Å². The summed E-state index contributed by atoms with van der Waals surface area (Å²) in [4.78, 5) is 18.8. The minimum Gasteiger partial charge on any atom is -0.406 e. The van der Waals surface area contributed by atoms with Crippen LogP contribution < -0.4 is 20.3 Å². The first-order chi connectivity index (χ1) is 13.4. The van der Waals surface area contributed by atoms with E-state index >= 15 is 0 Å². The van der Waals surface area contributed by atoms with Crippen LogP contribution in [0.4, 0.5) is 29.5 Å². The van der Waals surface area contributed by atoms with Crippen molar-refractivity contribution >= 4 is 17.5 Å². The number of carbonyl (C=O) groups excluding carboxylic acids is 1. The van der Waals surface area contributed by atoms with Crippen LogP contribution in [0.25, 0.3) is 0 Å². The Bertz CT molecular complexity index is 808. The molecule has 0 aliphatic carbocycles. The topological polar surface area (TPSA) is 66.5 Å². The normalized spacial score (nSPS) is 14.5. The standard InChI is InChI=1S/C19H21F3N4O2/c20-19(21,22)28-16-8-4-7-15(12-16)25-18(27)24-13-14-6-5-9-23-17(14)26-10-2-1-3-11-26/h4-9,12H,1-3,10-11,13H2,(H2,24,25,27). The van der Waals surface area contributed by atoms with Gasteiger partial charge in [-0.25, -0.2) is 9.78 Å². The molecule has 2 amide bonds. The molecular weight excluding hydrogens is 373 g/mol. The molecule has 9 heteroatoms. The van der Waals surface area contributed by atoms with Gasteiger partial charge in [0.15, 0.2) is 0 Å². The molecule has 28 heavy (non-hydrogen) atoms. The van der Waals surface area contributed by atoms with Crippen LogP contribution in [0, 0.1) is 0 Å². The maximum atomic E-state index is 12.3. The Morgan fingerprint density at radius 2 is 1.93 bits per heavy atom. The van der Waals surface area contributed by atoms with E-state index in [1.165, 1.54) is 18.6 Å². The monoisotopic (exact) mass is 394 g/mol. The summed E-state index contributed by atoms with van der Waals surface area (Å²) in [5.41, 5.74) is 1.08. The van der Waals surface area contributed by atoms with Gasteiger partial charge in [0, 0.05) is 43.1 Å². The molecule has 1 aromatic carbocycles. The SMILES string of the molecule is O=C(NCc1cccnc1N1CCCCC1)Nc1cccc(OC(F)(F)F)c1. The minimum atomic E-state index is -4.79. The van der Waals surface area contributed by atoms with Crippen molar-refractivity contribution in [3.63, 3.8) is 0 Å². The third kappa shape index (κ3) is 5.77. The number of halogens is 3. The van der Waals surface area contributed by atoms with Crippen molar-refractivity contribution in [2.75, 3.05) is 23.3 Å². The molecule has 3 rings (SSSR count). The second kappa shape index (κ2) is 8.81. The smallest absolute Gasteiger partial charge is 0.406 e. The average molecular weight is 394 g/mol. The summed E-state index contributed by atoms with van der Waals surface area (Å²) in [6.07, 6.45) is 0.364. The minimum absolute atomic E-state index is 0.196. The van der Waals surface area contributed by atoms with Crippen LogP contribution in [0.2, 0.25) is 0 Å². The van der Waals surface area contributed by atoms with E-state index in [0.717, 1.165) is 49.4 Å². The Morgan fingerprint density at radius 1 is 1.14 bits per heavy atom. The van der Waals surface area contributed by atoms with Crippen molar-refractivity contribution in [3.05, 3.63) is 48.2 Å². The summed E-state index contributed by atoms with van der Waals surface area (Å²) in [6, 6.07) is 8.29. The number of hydrogen-bond donors (Lipinski definition) is 2. The molecule has 0 radical (unpaired) electrons. The van der Waals surface area contributed by atoms with Crippen molar-refractivity contribution < 1.29 is 22.7 Å². The highest BCUT2D eigenvalue weighted by atomic mass is 19.4. The second-order valence-electron chi connectivity index (χ2n) is 6.42. The summed E-state index contributed by atoms with van der Waals surface area (Å²) in [5, 5.41) is 5.22. The Morgan fingerprint density at radius 3 is 2.68 bits per heavy atom. The highest BCUT2D eigenvalue weighted by molar-refractivity contribution is 5.89. The first-order valence-electron chi connectivity index (χ1n) is 9.00. The van der Waals surface area contributed by atoms with Crippen LogP contribution in [-0.2, 0) is 6.54 Å². The number of pyridine rings is 1. The molecule has 0 saturated carbocycles. The van der Waals surface area contributed by atoms with E-state index in [1.807, 2.05) is 6.07 Å². The number of anilines is 2. The molecule has 0 spiro atoms. The Labute approximate surface area is 160 Å². The molecule has 1 aliphatic rings. The summed E-state index contributed by atoms with van der Waals surface area (Å²) >= 11 is 0. The number of carbonyl (C=O) groups is 1. The van der Waals surface area contributed by atoms with Gasteiger partial charge in [-0.05, 0) is 37.5 Å². The van der Waals surface area contributed by atoms with Gasteiger partial charge in [-0.3, -0.25) is 0 Å². The number of nitrogens with zero attached hydrogens (tertiary/aromatic N) is 2. The van der Waals surface area contributed by atoms with Crippen molar-refractivity contribution in [2.24, 2.45) is 0 Å². The lowest BCUT2D eigenvalue weighted by atomic mass is 10.1. The Balaban J connectivity index is 1.59. The lowest BCUT2D eigenvalue weighted by Crippen LogP contribution is -2.33. The lowest BCUT2D eigenvalue weighted by Gasteiger charge is -2.29. The highest BCUT2D eigenvalue weighted by Gasteiger charge is 2.31. The third-order valence-corrected chi connectivity index (χ3v) is 4.29. The van der Waals surface area contributed by atoms with Crippen LogP contribution in [0.1, 0.15) is 24.8 Å². The van der Waals surface area contributed by atoms with Gasteiger partial charge in [0.05, 0.1) is 0 Å². The number of aromatic nitrogens is 1. The van der Waals surface area contributed by atoms with Gasteiger partial charge < -0.3 is 20.3 Å². The van der Waals surface area contributed by atoms with E-state index in [4.69, 9.17) is 0 Å². The van der Waals surface area contributed by atoms with Crippen LogP contribution in [-0.4, -0.2) is 30.5 Å². The molecular formula is C19H21F3N4O2. The number of amides is 2. The van der Waals surface area contributed by atoms with Crippen molar-refractivity contribution in [3.8, 4) is 5.75 Å². The second-order valence-corrected chi connectivity index (χ2v) is 6.42. The van der Waals surface area contributed by atoms with Crippen LogP contribution in [0.3, 0.4) is 0 Å². The van der Waals surface area contributed by atoms with Gasteiger partial charge in [0.2, 0.25) is 0 Å². The van der Waals surface area contributed by atoms with E-state index < -0.39 is 18.1 Å². The molecule has 1 saturated heterocycles. The average Bonchev–Trinajstić information content (AvgIpc) is 2.66. The van der Waals surface area contributed by atoms with Gasteiger partial charge in [0.1, 0.15) is 11.6 Å². The largest absolute Gasteiger partial charge is 0.573 e. The van der Waals surface area contributed by atoms with Gasteiger partial charge in [-0.2, -0.15) is 0 Å². The molecule has 1 fully saturated rings. The number of benzene rings is 1. The van der Waals surface area contributed by atoms with E-state index in [9.17, 15) is 18.0 Å². The number of ether oxygens (including phenoxy) is 1. The third-order valence-electron chi connectivity index (χ3n) is 4.29. The molecule has 2 heterocycles. The molecule has 0 unspecified atom stereocenters. The predicted octanol–water partition coefficient (Wildman–Crippen LogP) is 4.29. The number of hydrogen-bond acceptors (Lipinski definition) is 4. The molecule has 2 N–H and O–H groups in total. The first kappa shape index (κ1) is 19.8. The van der Waals surface area contributed by atoms with E-state index in [1.54, 1.807) is 12.3 Å². The van der Waals surface area contributed by atoms with Gasteiger partial charge in [-0.15, -0.1) is 13.2 Å². The molecule has 6 nitrogen and oxygen atoms in total. The summed E-state index contributed by atoms with van der Waals surface area (Å²) in [5.74, 6) is 0.452. The zero-order valence-electron chi connectivity index (χ0n) is 15.1. The zero-order chi connectivity index (χ0) is 20.0. The van der Waals surface area contributed by atoms with Crippen molar-refractivity contribution in [2.45, 2.75) is 32.2 Å². The first-order valence-corrected chi connectivity index (χ1v) is 9.00. The maximum absolute atomic E-state index is 12.3. The molecule has 1 aliphatic heterocycles. The van der Waals surface area contributed by atoms with E-state index in [0.29, 0.717) is 0 Å². The molecule has 150 valence electrons. The fourth-order valence-corrected chi connectivity index (χ4v) is 3.08. The molecule has 0 bridgehead atoms. The quantitative estimate of drug-likeness (QED) is 0.794. The summed E-state index contributed by atoms with van der Waals surface area (Å²) < 4.78 is 40.8. The van der Waals surface area contributed by atoms with E-state index in [2.05, 4.69) is 25.3 Å². The maximum Gasteiger partial charge on any atom is 0.573 e. The summed E-state index contributed by atoms with van der Waals surface area (Å²) in [6.45, 7) is 2.12. The number of nitrogens with one attached hydrogen (secondary N) is 2. The van der Waals surface area contributed by atoms with Gasteiger partial charge in [0.25, 0.3) is 0 Å². The molecule has 2 aromatic rings. The molecule has 0 atom stereocenters. The van der Waals surface area contributed by atoms with Crippen molar-refractivity contribution in [1.82, 2.24) is 10.3 Å².